The van der Waals surface area contributed by atoms with E-state index in [1.807, 2.05) is 30.3 Å². The fourth-order valence-electron chi connectivity index (χ4n) is 2.05. The largest absolute Gasteiger partial charge is 0.374 e. The van der Waals surface area contributed by atoms with Gasteiger partial charge < -0.3 is 4.90 Å². The lowest BCUT2D eigenvalue weighted by atomic mass is 10.0. The number of hydrogen-bond acceptors (Lipinski definition) is 5. The minimum Gasteiger partial charge on any atom is -0.374 e. The van der Waals surface area contributed by atoms with Gasteiger partial charge in [-0.3, -0.25) is 9.59 Å². The van der Waals surface area contributed by atoms with E-state index in [0.29, 0.717) is 15.6 Å². The summed E-state index contributed by atoms with van der Waals surface area (Å²) in [6, 6.07) is 9.56. The van der Waals surface area contributed by atoms with Crippen LogP contribution in [0.2, 0.25) is 0 Å². The van der Waals surface area contributed by atoms with Crippen LogP contribution in [0.1, 0.15) is 20.2 Å². The van der Waals surface area contributed by atoms with Crippen LogP contribution in [0.15, 0.2) is 42.1 Å². The highest BCUT2D eigenvalue weighted by molar-refractivity contribution is 7.17. The number of benzene rings is 1. The molecule has 0 saturated carbocycles. The highest BCUT2D eigenvalue weighted by atomic mass is 32.1. The van der Waals surface area contributed by atoms with Gasteiger partial charge in [0.25, 0.3) is 0 Å². The molecule has 0 spiro atoms. The maximum absolute atomic E-state index is 12.4. The number of Topliss-reactive ketones (excluding diaryl/α,β-unsaturated/α-hetero) is 1. The predicted molar refractivity (Wildman–Crippen MR) is 78.0 cm³/mol. The zero-order chi connectivity index (χ0) is 14.3. The summed E-state index contributed by atoms with van der Waals surface area (Å²) in [5.74, 6) is -0.342. The number of aromatic nitrogens is 1. The summed E-state index contributed by atoms with van der Waals surface area (Å²) in [6.45, 7) is 0. The quantitative estimate of drug-likeness (QED) is 0.850. The second-order valence-electron chi connectivity index (χ2n) is 4.68. The van der Waals surface area contributed by atoms with E-state index < -0.39 is 0 Å². The molecule has 0 radical (unpaired) electrons. The van der Waals surface area contributed by atoms with Gasteiger partial charge in [0, 0.05) is 25.7 Å². The Kier molecular flexibility index (Phi) is 2.99. The molecule has 1 aliphatic carbocycles. The Labute approximate surface area is 120 Å². The van der Waals surface area contributed by atoms with Gasteiger partial charge in [-0.05, 0) is 0 Å². The van der Waals surface area contributed by atoms with Crippen molar-refractivity contribution in [3.8, 4) is 10.6 Å². The van der Waals surface area contributed by atoms with Gasteiger partial charge in [0.1, 0.15) is 15.6 Å². The van der Waals surface area contributed by atoms with Gasteiger partial charge in [-0.15, -0.1) is 11.3 Å². The molecule has 0 N–H and O–H groups in total. The Bertz CT molecular complexity index is 730. The number of carbonyl (C=O) groups is 2. The molecule has 1 aromatic heterocycles. The number of rotatable bonds is 2. The molecule has 3 rings (SSSR count). The topological polar surface area (TPSA) is 50.3 Å². The Balaban J connectivity index is 2.10. The minimum absolute atomic E-state index is 0.135. The maximum atomic E-state index is 12.4. The van der Waals surface area contributed by atoms with Crippen molar-refractivity contribution in [3.05, 3.63) is 52.7 Å². The third kappa shape index (κ3) is 1.96. The summed E-state index contributed by atoms with van der Waals surface area (Å²) in [7, 11) is 3.50. The lowest BCUT2D eigenvalue weighted by molar-refractivity contribution is 0.0963. The van der Waals surface area contributed by atoms with Crippen LogP contribution in [0.25, 0.3) is 10.6 Å². The van der Waals surface area contributed by atoms with E-state index in [1.165, 1.54) is 17.4 Å². The highest BCUT2D eigenvalue weighted by Gasteiger charge is 2.31. The average Bonchev–Trinajstić information content (AvgIpc) is 2.89. The van der Waals surface area contributed by atoms with Gasteiger partial charge in [0.05, 0.1) is 5.70 Å². The van der Waals surface area contributed by atoms with Crippen molar-refractivity contribution in [1.29, 1.82) is 0 Å². The lowest BCUT2D eigenvalue weighted by Gasteiger charge is -2.17. The van der Waals surface area contributed by atoms with Gasteiger partial charge >= 0.3 is 0 Å². The average molecular weight is 284 g/mol. The monoisotopic (exact) mass is 284 g/mol. The van der Waals surface area contributed by atoms with Crippen LogP contribution in [0.4, 0.5) is 0 Å². The number of fused-ring (bicyclic) bond motifs is 1. The number of likely N-dealkylation sites (N-methyl/N-ethyl adjacent to an activating group) is 1. The van der Waals surface area contributed by atoms with Crippen molar-refractivity contribution < 1.29 is 9.59 Å². The van der Waals surface area contributed by atoms with Gasteiger partial charge in [0.2, 0.25) is 11.6 Å². The number of ketones is 2. The van der Waals surface area contributed by atoms with Crippen molar-refractivity contribution in [2.24, 2.45) is 0 Å². The summed E-state index contributed by atoms with van der Waals surface area (Å²) < 4.78 is 0. The summed E-state index contributed by atoms with van der Waals surface area (Å²) in [6.07, 6.45) is 1.36. The molecule has 0 saturated heterocycles. The van der Waals surface area contributed by atoms with Gasteiger partial charge in [-0.1, -0.05) is 30.3 Å². The van der Waals surface area contributed by atoms with E-state index >= 15 is 0 Å². The summed E-state index contributed by atoms with van der Waals surface area (Å²) in [4.78, 5) is 30.9. The van der Waals surface area contributed by atoms with E-state index in [2.05, 4.69) is 4.98 Å². The first-order chi connectivity index (χ1) is 9.58. The normalized spacial score (nSPS) is 14.0. The number of thiazole rings is 1. The van der Waals surface area contributed by atoms with Gasteiger partial charge in [0.15, 0.2) is 0 Å². The van der Waals surface area contributed by atoms with Crippen molar-refractivity contribution in [2.75, 3.05) is 14.1 Å². The Morgan fingerprint density at radius 3 is 2.45 bits per heavy atom. The molecule has 0 aliphatic heterocycles. The van der Waals surface area contributed by atoms with E-state index in [-0.39, 0.29) is 17.3 Å². The lowest BCUT2D eigenvalue weighted by Crippen LogP contribution is -2.25. The number of carbonyl (C=O) groups excluding carboxylic acids is 2. The fraction of sp³-hybridized carbons (Fsp3) is 0.133. The van der Waals surface area contributed by atoms with Gasteiger partial charge in [-0.2, -0.15) is 0 Å². The molecule has 5 heteroatoms. The molecule has 0 bridgehead atoms. The highest BCUT2D eigenvalue weighted by Crippen LogP contribution is 2.32. The first-order valence-corrected chi connectivity index (χ1v) is 6.94. The maximum Gasteiger partial charge on any atom is 0.221 e. The molecular formula is C15H12N2O2S. The van der Waals surface area contributed by atoms with Crippen LogP contribution in [-0.2, 0) is 0 Å². The molecule has 20 heavy (non-hydrogen) atoms. The molecule has 1 aromatic carbocycles. The fourth-order valence-corrected chi connectivity index (χ4v) is 3.08. The van der Waals surface area contributed by atoms with Crippen molar-refractivity contribution in [3.63, 3.8) is 0 Å². The third-order valence-electron chi connectivity index (χ3n) is 3.07. The third-order valence-corrected chi connectivity index (χ3v) is 4.17. The molecule has 100 valence electrons. The van der Waals surface area contributed by atoms with Crippen LogP contribution in [0, 0.1) is 0 Å². The second kappa shape index (κ2) is 4.68. The van der Waals surface area contributed by atoms with Crippen LogP contribution in [-0.4, -0.2) is 35.5 Å². The number of allylic oxidation sites excluding steroid dienone is 2. The van der Waals surface area contributed by atoms with E-state index in [1.54, 1.807) is 19.0 Å². The van der Waals surface area contributed by atoms with Crippen LogP contribution >= 0.6 is 11.3 Å². The zero-order valence-electron chi connectivity index (χ0n) is 11.1. The smallest absolute Gasteiger partial charge is 0.221 e. The number of hydrogen-bond donors (Lipinski definition) is 0. The van der Waals surface area contributed by atoms with Crippen LogP contribution < -0.4 is 0 Å². The Morgan fingerprint density at radius 1 is 1.10 bits per heavy atom. The second-order valence-corrected chi connectivity index (χ2v) is 5.68. The first-order valence-electron chi connectivity index (χ1n) is 6.12. The van der Waals surface area contributed by atoms with E-state index in [4.69, 9.17) is 0 Å². The van der Waals surface area contributed by atoms with E-state index in [9.17, 15) is 9.59 Å². The zero-order valence-corrected chi connectivity index (χ0v) is 11.9. The minimum atomic E-state index is -0.207. The summed E-state index contributed by atoms with van der Waals surface area (Å²) in [5, 5.41) is 0.700. The molecule has 2 aromatic rings. The van der Waals surface area contributed by atoms with Gasteiger partial charge in [-0.25, -0.2) is 4.98 Å². The molecular weight excluding hydrogens is 272 g/mol. The van der Waals surface area contributed by atoms with Crippen LogP contribution in [0.3, 0.4) is 0 Å². The van der Waals surface area contributed by atoms with Crippen LogP contribution in [0.5, 0.6) is 0 Å². The Hall–Kier alpha value is -2.27. The standard InChI is InChI=1S/C15H12N2O2S/c1-17(2)10-8-11(18)12-14(13(10)19)20-15(16-12)9-6-4-3-5-7-9/h3-8H,1-2H3. The first kappa shape index (κ1) is 12.7. The summed E-state index contributed by atoms with van der Waals surface area (Å²) >= 11 is 1.27. The molecule has 0 amide bonds. The van der Waals surface area contributed by atoms with Crippen molar-refractivity contribution in [1.82, 2.24) is 9.88 Å². The predicted octanol–water partition coefficient (Wildman–Crippen LogP) is 2.63. The Morgan fingerprint density at radius 2 is 1.80 bits per heavy atom. The van der Waals surface area contributed by atoms with E-state index in [0.717, 1.165) is 5.56 Å². The molecule has 0 atom stereocenters. The molecule has 0 fully saturated rings. The summed E-state index contributed by atoms with van der Waals surface area (Å²) in [5.41, 5.74) is 1.59. The molecule has 4 nitrogen and oxygen atoms in total. The number of nitrogens with zero attached hydrogens (tertiary/aromatic N) is 2. The SMILES string of the molecule is CN(C)C1=CC(=O)c2nc(-c3ccccc3)sc2C1=O. The molecule has 1 aliphatic rings. The van der Waals surface area contributed by atoms with Crippen molar-refractivity contribution >= 4 is 22.9 Å². The van der Waals surface area contributed by atoms with Crippen molar-refractivity contribution in [2.45, 2.75) is 0 Å². The molecule has 0 unspecified atom stereocenters. The molecule has 1 heterocycles.